The van der Waals surface area contributed by atoms with Crippen LogP contribution in [-0.2, 0) is 9.47 Å². The van der Waals surface area contributed by atoms with Crippen molar-refractivity contribution >= 4 is 0 Å². The van der Waals surface area contributed by atoms with Crippen LogP contribution in [0.3, 0.4) is 0 Å². The Labute approximate surface area is 217 Å². The molecule has 0 aromatic heterocycles. The first kappa shape index (κ1) is 23.4. The Morgan fingerprint density at radius 3 is 2.89 bits per heavy atom. The SMILES string of the molecule is C[C@H]1C[C@H]2O[C@@]34CC[C@H]5[C@@H]6CC=C7C[C@@H](O)CC[C@]7(C)[C@H]6CC56CC63C[C@@H]4[C@@H]2N(CCOCCO)C1. The summed E-state index contributed by atoms with van der Waals surface area (Å²) >= 11 is 0. The van der Waals surface area contributed by atoms with E-state index < -0.39 is 0 Å². The second kappa shape index (κ2) is 7.59. The third-order valence-corrected chi connectivity index (χ3v) is 13.7. The number of ether oxygens (including phenoxy) is 2. The molecule has 8 rings (SSSR count). The fourth-order valence-corrected chi connectivity index (χ4v) is 12.5. The summed E-state index contributed by atoms with van der Waals surface area (Å²) in [4.78, 5) is 2.72. The van der Waals surface area contributed by atoms with Crippen molar-refractivity contribution in [1.29, 1.82) is 0 Å². The highest BCUT2D eigenvalue weighted by atomic mass is 16.5. The molecular weight excluding hydrogens is 450 g/mol. The first-order valence-corrected chi connectivity index (χ1v) is 15.4. The van der Waals surface area contributed by atoms with Gasteiger partial charge in [-0.2, -0.15) is 0 Å². The molecule has 8 aliphatic rings. The third-order valence-electron chi connectivity index (χ3n) is 13.7. The zero-order valence-corrected chi connectivity index (χ0v) is 22.5. The van der Waals surface area contributed by atoms with Gasteiger partial charge >= 0.3 is 0 Å². The molecule has 2 saturated heterocycles. The zero-order chi connectivity index (χ0) is 24.5. The summed E-state index contributed by atoms with van der Waals surface area (Å²) in [5.74, 6) is 3.99. The third kappa shape index (κ3) is 2.66. The summed E-state index contributed by atoms with van der Waals surface area (Å²) in [6, 6.07) is 0.577. The average molecular weight is 498 g/mol. The first-order chi connectivity index (χ1) is 17.4. The van der Waals surface area contributed by atoms with Crippen molar-refractivity contribution in [2.24, 2.45) is 45.8 Å². The number of aliphatic hydroxyl groups is 2. The molecule has 7 fully saturated rings. The van der Waals surface area contributed by atoms with Crippen LogP contribution in [0.2, 0.25) is 0 Å². The Hall–Kier alpha value is -0.460. The van der Waals surface area contributed by atoms with Crippen LogP contribution in [0.5, 0.6) is 0 Å². The molecule has 0 bridgehead atoms. The maximum Gasteiger partial charge on any atom is 0.0793 e. The molecule has 3 spiro atoms. The second-order valence-corrected chi connectivity index (χ2v) is 14.8. The molecule has 0 radical (unpaired) electrons. The average Bonchev–Trinajstić information content (AvgIpc) is 3.33. The van der Waals surface area contributed by atoms with Crippen molar-refractivity contribution < 1.29 is 19.7 Å². The fourth-order valence-electron chi connectivity index (χ4n) is 12.5. The molecule has 2 aliphatic heterocycles. The van der Waals surface area contributed by atoms with E-state index in [1.165, 1.54) is 57.9 Å². The lowest BCUT2D eigenvalue weighted by Gasteiger charge is -2.60. The van der Waals surface area contributed by atoms with Crippen molar-refractivity contribution in [3.05, 3.63) is 11.6 Å². The lowest BCUT2D eigenvalue weighted by molar-refractivity contribution is -0.211. The van der Waals surface area contributed by atoms with Gasteiger partial charge in [0.25, 0.3) is 0 Å². The lowest BCUT2D eigenvalue weighted by atomic mass is 9.47. The smallest absolute Gasteiger partial charge is 0.0793 e. The fraction of sp³-hybridized carbons (Fsp3) is 0.935. The van der Waals surface area contributed by atoms with Gasteiger partial charge in [0.15, 0.2) is 0 Å². The van der Waals surface area contributed by atoms with Crippen LogP contribution in [0, 0.1) is 45.8 Å². The van der Waals surface area contributed by atoms with E-state index in [9.17, 15) is 5.11 Å². The summed E-state index contributed by atoms with van der Waals surface area (Å²) in [7, 11) is 0. The number of allylic oxidation sites excluding steroid dienone is 1. The number of rotatable bonds is 5. The molecule has 0 amide bonds. The summed E-state index contributed by atoms with van der Waals surface area (Å²) in [5, 5.41) is 19.5. The minimum atomic E-state index is -0.111. The van der Waals surface area contributed by atoms with Gasteiger partial charge in [-0.05, 0) is 98.7 Å². The van der Waals surface area contributed by atoms with Gasteiger partial charge in [-0.3, -0.25) is 4.90 Å². The zero-order valence-electron chi connectivity index (χ0n) is 22.5. The maximum absolute atomic E-state index is 10.4. The summed E-state index contributed by atoms with van der Waals surface area (Å²) in [6.07, 6.45) is 15.5. The number of likely N-dealkylation sites (tertiary alicyclic amines) is 1. The van der Waals surface area contributed by atoms with Crippen molar-refractivity contribution in [3.63, 3.8) is 0 Å². The Morgan fingerprint density at radius 2 is 2.03 bits per heavy atom. The number of hydrogen-bond acceptors (Lipinski definition) is 5. The second-order valence-electron chi connectivity index (χ2n) is 14.8. The van der Waals surface area contributed by atoms with Crippen LogP contribution < -0.4 is 0 Å². The predicted octanol–water partition coefficient (Wildman–Crippen LogP) is 4.17. The molecule has 2 heterocycles. The quantitative estimate of drug-likeness (QED) is 0.441. The highest BCUT2D eigenvalue weighted by Gasteiger charge is 2.91. The van der Waals surface area contributed by atoms with Crippen LogP contribution in [-0.4, -0.2) is 71.9 Å². The van der Waals surface area contributed by atoms with E-state index in [1.54, 1.807) is 5.57 Å². The number of aliphatic hydroxyl groups excluding tert-OH is 2. The lowest BCUT2D eigenvalue weighted by Crippen LogP contribution is -2.64. The van der Waals surface area contributed by atoms with Gasteiger partial charge in [-0.15, -0.1) is 0 Å². The maximum atomic E-state index is 10.4. The van der Waals surface area contributed by atoms with Crippen molar-refractivity contribution in [2.75, 3.05) is 32.9 Å². The van der Waals surface area contributed by atoms with Crippen LogP contribution in [0.15, 0.2) is 11.6 Å². The first-order valence-electron chi connectivity index (χ1n) is 15.4. The summed E-state index contributed by atoms with van der Waals surface area (Å²) in [6.45, 7) is 8.40. The molecule has 0 aromatic carbocycles. The molecule has 5 heteroatoms. The molecule has 200 valence electrons. The van der Waals surface area contributed by atoms with E-state index in [-0.39, 0.29) is 18.3 Å². The molecule has 6 aliphatic carbocycles. The van der Waals surface area contributed by atoms with E-state index in [2.05, 4.69) is 24.8 Å². The van der Waals surface area contributed by atoms with Crippen LogP contribution >= 0.6 is 0 Å². The molecule has 12 atom stereocenters. The molecule has 5 nitrogen and oxygen atoms in total. The molecule has 36 heavy (non-hydrogen) atoms. The van der Waals surface area contributed by atoms with E-state index in [1.807, 2.05) is 0 Å². The van der Waals surface area contributed by atoms with Crippen molar-refractivity contribution in [2.45, 2.75) is 102 Å². The highest BCUT2D eigenvalue weighted by Crippen LogP contribution is 2.93. The topological polar surface area (TPSA) is 62.2 Å². The summed E-state index contributed by atoms with van der Waals surface area (Å²) < 4.78 is 13.1. The molecule has 2 unspecified atom stereocenters. The number of hydrogen-bond donors (Lipinski definition) is 2. The van der Waals surface area contributed by atoms with Crippen LogP contribution in [0.4, 0.5) is 0 Å². The van der Waals surface area contributed by atoms with Crippen molar-refractivity contribution in [3.8, 4) is 0 Å². The van der Waals surface area contributed by atoms with Crippen LogP contribution in [0.1, 0.15) is 78.1 Å². The minimum Gasteiger partial charge on any atom is -0.394 e. The standard InChI is InChI=1S/C31H47NO4/c1-19-13-26-27(32(17-19)9-11-35-12-10-33)25-16-30-18-29(30)15-24-22(23(29)6-8-31(25,30)36-26)4-3-20-14-21(34)5-7-28(20,24)2/h3,19,21-27,33-34H,4-18H2,1-2H3/t19-,21-,22-,23-,24-,25+,26+,27-,28-,29?,30?,31+/m0/s1. The molecular formula is C31H47NO4. The van der Waals surface area contributed by atoms with E-state index in [0.29, 0.717) is 46.8 Å². The van der Waals surface area contributed by atoms with E-state index in [0.717, 1.165) is 43.7 Å². The molecule has 5 saturated carbocycles. The Bertz CT molecular complexity index is 968. The Kier molecular flexibility index (Phi) is 4.94. The Morgan fingerprint density at radius 1 is 1.14 bits per heavy atom. The minimum absolute atomic E-state index is 0.111. The highest BCUT2D eigenvalue weighted by molar-refractivity contribution is 5.42. The van der Waals surface area contributed by atoms with Crippen LogP contribution in [0.25, 0.3) is 0 Å². The monoisotopic (exact) mass is 497 g/mol. The largest absolute Gasteiger partial charge is 0.394 e. The van der Waals surface area contributed by atoms with Gasteiger partial charge in [0.1, 0.15) is 0 Å². The molecule has 2 N–H and O–H groups in total. The molecule has 0 aromatic rings. The van der Waals surface area contributed by atoms with Gasteiger partial charge in [0, 0.05) is 30.5 Å². The Balaban J connectivity index is 1.06. The summed E-state index contributed by atoms with van der Waals surface area (Å²) in [5.41, 5.74) is 3.10. The van der Waals surface area contributed by atoms with Gasteiger partial charge < -0.3 is 19.7 Å². The van der Waals surface area contributed by atoms with Gasteiger partial charge in [0.2, 0.25) is 0 Å². The van der Waals surface area contributed by atoms with Gasteiger partial charge in [-0.1, -0.05) is 25.5 Å². The normalized spacial score (nSPS) is 58.3. The van der Waals surface area contributed by atoms with Gasteiger partial charge in [-0.25, -0.2) is 0 Å². The number of nitrogens with zero attached hydrogens (tertiary/aromatic N) is 1. The number of piperidine rings is 1. The van der Waals surface area contributed by atoms with Gasteiger partial charge in [0.05, 0.1) is 37.6 Å². The van der Waals surface area contributed by atoms with E-state index in [4.69, 9.17) is 14.6 Å². The predicted molar refractivity (Wildman–Crippen MR) is 137 cm³/mol. The number of fused-ring (bicyclic) bond motifs is 6. The van der Waals surface area contributed by atoms with E-state index >= 15 is 0 Å². The van der Waals surface area contributed by atoms with Crippen molar-refractivity contribution in [1.82, 2.24) is 4.90 Å².